The first-order valence-corrected chi connectivity index (χ1v) is 9.78. The number of amides is 1. The number of anilines is 1. The Morgan fingerprint density at radius 3 is 2.56 bits per heavy atom. The molecule has 1 unspecified atom stereocenters. The summed E-state index contributed by atoms with van der Waals surface area (Å²) in [6.45, 7) is 8.07. The lowest BCUT2D eigenvalue weighted by molar-refractivity contribution is -0.115. The van der Waals surface area contributed by atoms with Gasteiger partial charge in [0.15, 0.2) is 0 Å². The maximum absolute atomic E-state index is 12.5. The molecule has 2 aromatic carbocycles. The van der Waals surface area contributed by atoms with Gasteiger partial charge in [0.05, 0.1) is 10.9 Å². The first-order chi connectivity index (χ1) is 13.0. The maximum atomic E-state index is 12.5. The van der Waals surface area contributed by atoms with Crippen molar-refractivity contribution >= 4 is 23.4 Å². The summed E-state index contributed by atoms with van der Waals surface area (Å²) < 4.78 is 1.66. The van der Waals surface area contributed by atoms with E-state index in [1.165, 1.54) is 28.5 Å². The largest absolute Gasteiger partial charge is 0.325 e. The minimum Gasteiger partial charge on any atom is -0.325 e. The van der Waals surface area contributed by atoms with E-state index in [2.05, 4.69) is 41.6 Å². The van der Waals surface area contributed by atoms with Crippen LogP contribution in [0.3, 0.4) is 0 Å². The predicted molar refractivity (Wildman–Crippen MR) is 108 cm³/mol. The third kappa shape index (κ3) is 4.54. The summed E-state index contributed by atoms with van der Waals surface area (Å²) >= 11 is 1.33. The topological polar surface area (TPSA) is 72.7 Å². The van der Waals surface area contributed by atoms with E-state index in [1.807, 2.05) is 49.4 Å². The summed E-state index contributed by atoms with van der Waals surface area (Å²) in [6.07, 6.45) is 0.974. The van der Waals surface area contributed by atoms with Crippen molar-refractivity contribution in [1.82, 2.24) is 20.2 Å². The van der Waals surface area contributed by atoms with E-state index in [1.54, 1.807) is 4.68 Å². The Labute approximate surface area is 163 Å². The summed E-state index contributed by atoms with van der Waals surface area (Å²) in [6, 6.07) is 13.9. The van der Waals surface area contributed by atoms with Crippen LogP contribution in [-0.4, -0.2) is 31.4 Å². The van der Waals surface area contributed by atoms with Crippen LogP contribution in [0.15, 0.2) is 47.6 Å². The van der Waals surface area contributed by atoms with Crippen molar-refractivity contribution < 1.29 is 4.79 Å². The first-order valence-electron chi connectivity index (χ1n) is 8.90. The van der Waals surface area contributed by atoms with Crippen LogP contribution < -0.4 is 5.32 Å². The molecule has 7 heteroatoms. The quantitative estimate of drug-likeness (QED) is 0.654. The third-order valence-corrected chi connectivity index (χ3v) is 5.49. The predicted octanol–water partition coefficient (Wildman–Crippen LogP) is 3.96. The Balaban J connectivity index is 1.70. The van der Waals surface area contributed by atoms with Crippen LogP contribution in [0.1, 0.15) is 30.5 Å². The van der Waals surface area contributed by atoms with Crippen LogP contribution >= 0.6 is 11.8 Å². The van der Waals surface area contributed by atoms with Crippen molar-refractivity contribution in [3.63, 3.8) is 0 Å². The van der Waals surface area contributed by atoms with Gasteiger partial charge in [-0.25, -0.2) is 0 Å². The smallest absolute Gasteiger partial charge is 0.237 e. The number of aromatic nitrogens is 4. The zero-order valence-corrected chi connectivity index (χ0v) is 16.7. The van der Waals surface area contributed by atoms with Crippen molar-refractivity contribution in [2.24, 2.45) is 0 Å². The number of aryl methyl sites for hydroxylation is 3. The lowest BCUT2D eigenvalue weighted by Gasteiger charge is -2.12. The van der Waals surface area contributed by atoms with Crippen LogP contribution in [0.4, 0.5) is 5.69 Å². The van der Waals surface area contributed by atoms with Crippen molar-refractivity contribution in [1.29, 1.82) is 0 Å². The first kappa shape index (κ1) is 19.1. The van der Waals surface area contributed by atoms with Crippen LogP contribution in [-0.2, 0) is 11.2 Å². The maximum Gasteiger partial charge on any atom is 0.237 e. The zero-order valence-electron chi connectivity index (χ0n) is 15.9. The molecule has 3 aromatic rings. The number of carbonyl (C=O) groups excluding carboxylic acids is 1. The Bertz CT molecular complexity index is 936. The molecule has 3 rings (SSSR count). The molecule has 27 heavy (non-hydrogen) atoms. The summed E-state index contributed by atoms with van der Waals surface area (Å²) in [5, 5.41) is 15.1. The van der Waals surface area contributed by atoms with Crippen molar-refractivity contribution in [3.8, 4) is 5.69 Å². The van der Waals surface area contributed by atoms with E-state index in [-0.39, 0.29) is 11.2 Å². The number of nitrogens with one attached hydrogen (secondary N) is 1. The standard InChI is InChI=1S/C20H23N5OS/c1-5-16-7-9-17(10-8-16)21-19(26)15(4)27-20-22-23-24-25(20)18-11-6-13(2)14(3)12-18/h6-12,15H,5H2,1-4H3,(H,21,26). The van der Waals surface area contributed by atoms with Gasteiger partial charge in [-0.2, -0.15) is 4.68 Å². The van der Waals surface area contributed by atoms with Crippen LogP contribution in [0, 0.1) is 13.8 Å². The molecule has 0 saturated heterocycles. The lowest BCUT2D eigenvalue weighted by Crippen LogP contribution is -2.22. The van der Waals surface area contributed by atoms with Crippen molar-refractivity contribution in [2.45, 2.75) is 44.5 Å². The van der Waals surface area contributed by atoms with E-state index in [0.717, 1.165) is 17.8 Å². The number of hydrogen-bond donors (Lipinski definition) is 1. The fourth-order valence-corrected chi connectivity index (χ4v) is 3.36. The SMILES string of the molecule is CCc1ccc(NC(=O)C(C)Sc2nnnn2-c2ccc(C)c(C)c2)cc1. The Morgan fingerprint density at radius 2 is 1.89 bits per heavy atom. The van der Waals surface area contributed by atoms with Crippen molar-refractivity contribution in [3.05, 3.63) is 59.2 Å². The monoisotopic (exact) mass is 381 g/mol. The van der Waals surface area contributed by atoms with Crippen LogP contribution in [0.2, 0.25) is 0 Å². The number of nitrogens with zero attached hydrogens (tertiary/aromatic N) is 4. The molecule has 6 nitrogen and oxygen atoms in total. The molecule has 0 aliphatic carbocycles. The highest BCUT2D eigenvalue weighted by molar-refractivity contribution is 8.00. The molecule has 0 fully saturated rings. The number of benzene rings is 2. The molecule has 1 amide bonds. The van der Waals surface area contributed by atoms with E-state index < -0.39 is 0 Å². The fraction of sp³-hybridized carbons (Fsp3) is 0.300. The van der Waals surface area contributed by atoms with Gasteiger partial charge in [0.25, 0.3) is 0 Å². The number of hydrogen-bond acceptors (Lipinski definition) is 5. The molecule has 0 aliphatic rings. The van der Waals surface area contributed by atoms with E-state index >= 15 is 0 Å². The highest BCUT2D eigenvalue weighted by Crippen LogP contribution is 2.25. The van der Waals surface area contributed by atoms with Gasteiger partial charge in [0, 0.05) is 5.69 Å². The average molecular weight is 382 g/mol. The highest BCUT2D eigenvalue weighted by atomic mass is 32.2. The molecule has 1 N–H and O–H groups in total. The summed E-state index contributed by atoms with van der Waals surface area (Å²) in [5.74, 6) is -0.0844. The molecule has 1 atom stereocenters. The minimum atomic E-state index is -0.341. The van der Waals surface area contributed by atoms with E-state index in [9.17, 15) is 4.79 Å². The Kier molecular flexibility index (Phi) is 5.91. The van der Waals surface area contributed by atoms with Gasteiger partial charge in [-0.05, 0) is 78.6 Å². The van der Waals surface area contributed by atoms with Gasteiger partial charge in [-0.15, -0.1) is 5.10 Å². The van der Waals surface area contributed by atoms with Gasteiger partial charge in [-0.3, -0.25) is 4.79 Å². The summed E-state index contributed by atoms with van der Waals surface area (Å²) in [4.78, 5) is 12.5. The number of tetrazole rings is 1. The molecular formula is C20H23N5OS. The summed E-state index contributed by atoms with van der Waals surface area (Å²) in [5.41, 5.74) is 5.29. The van der Waals surface area contributed by atoms with Crippen molar-refractivity contribution in [2.75, 3.05) is 5.32 Å². The van der Waals surface area contributed by atoms with Gasteiger partial charge in [0.1, 0.15) is 0 Å². The van der Waals surface area contributed by atoms with Gasteiger partial charge < -0.3 is 5.32 Å². The fourth-order valence-electron chi connectivity index (χ4n) is 2.55. The molecule has 140 valence electrons. The van der Waals surface area contributed by atoms with Gasteiger partial charge in [-0.1, -0.05) is 36.9 Å². The Morgan fingerprint density at radius 1 is 1.15 bits per heavy atom. The number of rotatable bonds is 6. The molecule has 0 aliphatic heterocycles. The molecular weight excluding hydrogens is 358 g/mol. The minimum absolute atomic E-state index is 0.0844. The normalized spacial score (nSPS) is 12.0. The lowest BCUT2D eigenvalue weighted by atomic mass is 10.1. The number of thioether (sulfide) groups is 1. The van der Waals surface area contributed by atoms with Gasteiger partial charge >= 0.3 is 0 Å². The number of carbonyl (C=O) groups is 1. The molecule has 0 spiro atoms. The van der Waals surface area contributed by atoms with Crippen LogP contribution in [0.5, 0.6) is 0 Å². The molecule has 0 bridgehead atoms. The van der Waals surface area contributed by atoms with Gasteiger partial charge in [0.2, 0.25) is 11.1 Å². The highest BCUT2D eigenvalue weighted by Gasteiger charge is 2.19. The Hall–Kier alpha value is -2.67. The summed E-state index contributed by atoms with van der Waals surface area (Å²) in [7, 11) is 0. The second-order valence-electron chi connectivity index (χ2n) is 6.44. The second-order valence-corrected chi connectivity index (χ2v) is 7.75. The second kappa shape index (κ2) is 8.35. The third-order valence-electron chi connectivity index (χ3n) is 4.46. The average Bonchev–Trinajstić information content (AvgIpc) is 3.12. The molecule has 1 aromatic heterocycles. The molecule has 1 heterocycles. The van der Waals surface area contributed by atoms with E-state index in [4.69, 9.17) is 0 Å². The zero-order chi connectivity index (χ0) is 19.4. The van der Waals surface area contributed by atoms with E-state index in [0.29, 0.717) is 5.16 Å². The molecule has 0 saturated carbocycles. The molecule has 0 radical (unpaired) electrons. The van der Waals surface area contributed by atoms with Crippen LogP contribution in [0.25, 0.3) is 5.69 Å².